The Morgan fingerprint density at radius 2 is 1.89 bits per heavy atom. The first-order valence-corrected chi connectivity index (χ1v) is 10.2. The molecule has 2 saturated carbocycles. The maximum absolute atomic E-state index is 11.8. The molecule has 9 atom stereocenters. The van der Waals surface area contributed by atoms with E-state index in [1.807, 2.05) is 6.92 Å². The molecule has 9 unspecified atom stereocenters. The summed E-state index contributed by atoms with van der Waals surface area (Å²) < 4.78 is 5.14. The van der Waals surface area contributed by atoms with Crippen LogP contribution in [0.3, 0.4) is 0 Å². The van der Waals surface area contributed by atoms with Gasteiger partial charge < -0.3 is 25.2 Å². The smallest absolute Gasteiger partial charge is 0.302 e. The fourth-order valence-electron chi connectivity index (χ4n) is 6.91. The molecule has 4 aliphatic rings. The van der Waals surface area contributed by atoms with Crippen molar-refractivity contribution in [1.29, 1.82) is 0 Å². The molecule has 4 rings (SSSR count). The summed E-state index contributed by atoms with van der Waals surface area (Å²) in [6, 6.07) is 0. The maximum atomic E-state index is 11.8. The number of carbonyl (C=O) groups excluding carboxylic acids is 1. The van der Waals surface area contributed by atoms with Crippen molar-refractivity contribution in [3.63, 3.8) is 0 Å². The summed E-state index contributed by atoms with van der Waals surface area (Å²) in [5.74, 6) is -0.334. The Hall–Kier alpha value is -1.21. The molecule has 0 amide bonds. The summed E-state index contributed by atoms with van der Waals surface area (Å²) >= 11 is 0. The van der Waals surface area contributed by atoms with Crippen LogP contribution >= 0.6 is 0 Å². The fourth-order valence-corrected chi connectivity index (χ4v) is 6.91. The van der Waals surface area contributed by atoms with Gasteiger partial charge in [-0.15, -0.1) is 0 Å². The van der Waals surface area contributed by atoms with Gasteiger partial charge in [0, 0.05) is 12.8 Å². The molecule has 0 saturated heterocycles. The third-order valence-electron chi connectivity index (χ3n) is 8.46. The lowest BCUT2D eigenvalue weighted by molar-refractivity contribution is -0.215. The van der Waals surface area contributed by atoms with Crippen LogP contribution in [0.4, 0.5) is 0 Å². The van der Waals surface area contributed by atoms with Gasteiger partial charge in [-0.05, 0) is 47.7 Å². The van der Waals surface area contributed by atoms with Crippen molar-refractivity contribution >= 4 is 5.97 Å². The van der Waals surface area contributed by atoms with Gasteiger partial charge in [0.25, 0.3) is 0 Å². The second-order valence-electron chi connectivity index (χ2n) is 10.1. The third-order valence-corrected chi connectivity index (χ3v) is 8.46. The second-order valence-corrected chi connectivity index (χ2v) is 10.1. The molecule has 2 fully saturated rings. The molecule has 2 bridgehead atoms. The summed E-state index contributed by atoms with van der Waals surface area (Å²) in [5.41, 5.74) is -2.19. The number of ether oxygens (including phenoxy) is 1. The number of esters is 1. The third kappa shape index (κ3) is 2.20. The van der Waals surface area contributed by atoms with Gasteiger partial charge in [0.1, 0.15) is 24.4 Å². The molecule has 6 nitrogen and oxygen atoms in total. The van der Waals surface area contributed by atoms with Gasteiger partial charge in [-0.3, -0.25) is 4.79 Å². The second kappa shape index (κ2) is 5.91. The van der Waals surface area contributed by atoms with Crippen molar-refractivity contribution in [3.05, 3.63) is 23.3 Å². The molecule has 4 N–H and O–H groups in total. The molecule has 4 aliphatic carbocycles. The normalized spacial score (nSPS) is 51.1. The minimum absolute atomic E-state index is 0.0496. The van der Waals surface area contributed by atoms with Crippen molar-refractivity contribution in [2.24, 2.45) is 34.5 Å². The first kappa shape index (κ1) is 20.1. The molecule has 0 aliphatic heterocycles. The number of aliphatic hydroxyl groups excluding tert-OH is 3. The predicted octanol–water partition coefficient (Wildman–Crippen LogP) is 1.18. The highest BCUT2D eigenvalue weighted by Crippen LogP contribution is 2.72. The standard InChI is InChI=1S/C22H32O6/c1-10-8-21-11(2)6-15-16(20(15,4)5)14(19(21)26)7-13(9-28-12(3)23)18(25)22(21,27)17(10)24/h7-8,11,14-19,24-27H,6,9H2,1-5H3. The van der Waals surface area contributed by atoms with Crippen LogP contribution in [0.2, 0.25) is 0 Å². The van der Waals surface area contributed by atoms with Crippen LogP contribution in [-0.4, -0.2) is 56.9 Å². The molecule has 156 valence electrons. The Labute approximate surface area is 165 Å². The Bertz CT molecular complexity index is 769. The average Bonchev–Trinajstić information content (AvgIpc) is 3.11. The van der Waals surface area contributed by atoms with Crippen LogP contribution < -0.4 is 0 Å². The van der Waals surface area contributed by atoms with E-state index >= 15 is 0 Å². The van der Waals surface area contributed by atoms with Crippen LogP contribution in [0.1, 0.15) is 41.0 Å². The van der Waals surface area contributed by atoms with Crippen molar-refractivity contribution in [3.8, 4) is 0 Å². The molecule has 6 heteroatoms. The molecule has 0 heterocycles. The average molecular weight is 392 g/mol. The van der Waals surface area contributed by atoms with Gasteiger partial charge >= 0.3 is 5.97 Å². The molecular formula is C22H32O6. The summed E-state index contributed by atoms with van der Waals surface area (Å²) in [5, 5.41) is 45.7. The SMILES string of the molecule is CC(=O)OCC1=CC2C3C(CC(C)C4(C=C(C)C(O)C4(O)C1O)C2O)C3(C)C. The van der Waals surface area contributed by atoms with Crippen molar-refractivity contribution < 1.29 is 30.0 Å². The number of rotatable bonds is 2. The lowest BCUT2D eigenvalue weighted by Gasteiger charge is -2.51. The van der Waals surface area contributed by atoms with Crippen LogP contribution in [0.25, 0.3) is 0 Å². The zero-order valence-electron chi connectivity index (χ0n) is 17.2. The topological polar surface area (TPSA) is 107 Å². The van der Waals surface area contributed by atoms with Crippen LogP contribution in [0.15, 0.2) is 23.3 Å². The minimum Gasteiger partial charge on any atom is -0.461 e. The van der Waals surface area contributed by atoms with Gasteiger partial charge in [0.15, 0.2) is 0 Å². The van der Waals surface area contributed by atoms with Gasteiger partial charge in [0.05, 0.1) is 11.5 Å². The highest BCUT2D eigenvalue weighted by Gasteiger charge is 2.75. The van der Waals surface area contributed by atoms with Gasteiger partial charge in [-0.1, -0.05) is 32.9 Å². The Balaban J connectivity index is 1.91. The van der Waals surface area contributed by atoms with E-state index in [0.717, 1.165) is 6.42 Å². The van der Waals surface area contributed by atoms with E-state index in [4.69, 9.17) is 4.74 Å². The van der Waals surface area contributed by atoms with Gasteiger partial charge in [-0.25, -0.2) is 0 Å². The van der Waals surface area contributed by atoms with Crippen molar-refractivity contribution in [2.75, 3.05) is 6.61 Å². The van der Waals surface area contributed by atoms with E-state index in [-0.39, 0.29) is 29.8 Å². The number of aliphatic hydroxyl groups is 4. The van der Waals surface area contributed by atoms with Crippen molar-refractivity contribution in [2.45, 2.75) is 65.0 Å². The Morgan fingerprint density at radius 3 is 2.50 bits per heavy atom. The molecule has 28 heavy (non-hydrogen) atoms. The van der Waals surface area contributed by atoms with E-state index < -0.39 is 35.3 Å². The highest BCUT2D eigenvalue weighted by molar-refractivity contribution is 5.66. The zero-order valence-corrected chi connectivity index (χ0v) is 17.2. The summed E-state index contributed by atoms with van der Waals surface area (Å²) in [6.45, 7) is 9.22. The number of hydrogen-bond acceptors (Lipinski definition) is 6. The van der Waals surface area contributed by atoms with Crippen LogP contribution in [-0.2, 0) is 9.53 Å². The number of fused-ring (bicyclic) bond motifs is 3. The summed E-state index contributed by atoms with van der Waals surface area (Å²) in [6.07, 6.45) is 0.697. The van der Waals surface area contributed by atoms with E-state index in [1.165, 1.54) is 6.92 Å². The van der Waals surface area contributed by atoms with Gasteiger partial charge in [0.2, 0.25) is 0 Å². The number of hydrogen-bond donors (Lipinski definition) is 4. The van der Waals surface area contributed by atoms with Crippen molar-refractivity contribution in [1.82, 2.24) is 0 Å². The van der Waals surface area contributed by atoms with Crippen LogP contribution in [0.5, 0.6) is 0 Å². The molecule has 0 aromatic carbocycles. The Morgan fingerprint density at radius 1 is 1.25 bits per heavy atom. The highest BCUT2D eigenvalue weighted by atomic mass is 16.5. The largest absolute Gasteiger partial charge is 0.461 e. The maximum Gasteiger partial charge on any atom is 0.302 e. The fraction of sp³-hybridized carbons (Fsp3) is 0.773. The predicted molar refractivity (Wildman–Crippen MR) is 102 cm³/mol. The Kier molecular flexibility index (Phi) is 4.24. The molecule has 0 radical (unpaired) electrons. The summed E-state index contributed by atoms with van der Waals surface area (Å²) in [7, 11) is 0. The van der Waals surface area contributed by atoms with E-state index in [9.17, 15) is 25.2 Å². The monoisotopic (exact) mass is 392 g/mol. The lowest BCUT2D eigenvalue weighted by Crippen LogP contribution is -2.66. The molecule has 0 aromatic rings. The minimum atomic E-state index is -1.97. The zero-order chi connectivity index (χ0) is 20.8. The van der Waals surface area contributed by atoms with E-state index in [2.05, 4.69) is 13.8 Å². The van der Waals surface area contributed by atoms with E-state index in [0.29, 0.717) is 17.1 Å². The first-order valence-electron chi connectivity index (χ1n) is 10.2. The quantitative estimate of drug-likeness (QED) is 0.415. The van der Waals surface area contributed by atoms with Gasteiger partial charge in [-0.2, -0.15) is 0 Å². The molecule has 0 aromatic heterocycles. The number of carbonyl (C=O) groups is 1. The summed E-state index contributed by atoms with van der Waals surface area (Å²) in [4.78, 5) is 11.4. The van der Waals surface area contributed by atoms with Crippen LogP contribution in [0, 0.1) is 34.5 Å². The molecular weight excluding hydrogens is 360 g/mol. The first-order chi connectivity index (χ1) is 12.9. The molecule has 1 spiro atoms. The van der Waals surface area contributed by atoms with E-state index in [1.54, 1.807) is 19.1 Å². The lowest BCUT2D eigenvalue weighted by atomic mass is 9.58.